The van der Waals surface area contributed by atoms with Gasteiger partial charge in [0.1, 0.15) is 5.60 Å². The van der Waals surface area contributed by atoms with E-state index in [0.29, 0.717) is 5.57 Å². The van der Waals surface area contributed by atoms with E-state index in [1.54, 1.807) is 26.8 Å². The van der Waals surface area contributed by atoms with Crippen molar-refractivity contribution in [2.45, 2.75) is 26.4 Å². The Hall–Kier alpha value is -2.36. The Morgan fingerprint density at radius 1 is 1.25 bits per heavy atom. The number of carboxylic acids is 1. The molecular formula is C16H16O4. The summed E-state index contributed by atoms with van der Waals surface area (Å²) in [4.78, 5) is 23.4. The molecule has 1 aromatic carbocycles. The monoisotopic (exact) mass is 272 g/mol. The second-order valence-electron chi connectivity index (χ2n) is 5.19. The van der Waals surface area contributed by atoms with Gasteiger partial charge in [-0.15, -0.1) is 0 Å². The van der Waals surface area contributed by atoms with Crippen LogP contribution in [0.3, 0.4) is 0 Å². The zero-order valence-electron chi connectivity index (χ0n) is 11.6. The number of rotatable bonds is 3. The van der Waals surface area contributed by atoms with E-state index in [1.165, 1.54) is 0 Å². The van der Waals surface area contributed by atoms with Crippen molar-refractivity contribution in [2.24, 2.45) is 0 Å². The molecule has 1 heterocycles. The summed E-state index contributed by atoms with van der Waals surface area (Å²) in [5.74, 6) is -1.71. The largest absolute Gasteiger partial charge is 0.478 e. The molecule has 0 amide bonds. The normalized spacial score (nSPS) is 18.1. The average molecular weight is 272 g/mol. The van der Waals surface area contributed by atoms with Gasteiger partial charge in [-0.25, -0.2) is 9.59 Å². The van der Waals surface area contributed by atoms with E-state index < -0.39 is 17.5 Å². The van der Waals surface area contributed by atoms with E-state index in [1.807, 2.05) is 30.3 Å². The summed E-state index contributed by atoms with van der Waals surface area (Å²) >= 11 is 0. The third kappa shape index (κ3) is 2.50. The van der Waals surface area contributed by atoms with Gasteiger partial charge in [-0.2, -0.15) is 0 Å². The number of cyclic esters (lactones) is 1. The minimum Gasteiger partial charge on any atom is -0.478 e. The first-order valence-corrected chi connectivity index (χ1v) is 6.28. The van der Waals surface area contributed by atoms with E-state index in [4.69, 9.17) is 4.74 Å². The quantitative estimate of drug-likeness (QED) is 0.859. The third-order valence-electron chi connectivity index (χ3n) is 3.19. The fourth-order valence-corrected chi connectivity index (χ4v) is 2.33. The van der Waals surface area contributed by atoms with Crippen molar-refractivity contribution in [1.29, 1.82) is 0 Å². The topological polar surface area (TPSA) is 63.6 Å². The predicted molar refractivity (Wildman–Crippen MR) is 74.9 cm³/mol. The molecule has 0 bridgehead atoms. The van der Waals surface area contributed by atoms with Crippen molar-refractivity contribution < 1.29 is 19.4 Å². The van der Waals surface area contributed by atoms with Crippen LogP contribution in [-0.2, 0) is 14.3 Å². The van der Waals surface area contributed by atoms with Gasteiger partial charge < -0.3 is 9.84 Å². The van der Waals surface area contributed by atoms with Gasteiger partial charge in [0.15, 0.2) is 0 Å². The molecule has 0 atom stereocenters. The van der Waals surface area contributed by atoms with Crippen LogP contribution in [0.4, 0.5) is 0 Å². The van der Waals surface area contributed by atoms with Crippen LogP contribution in [0.25, 0.3) is 6.08 Å². The van der Waals surface area contributed by atoms with Crippen LogP contribution in [0.5, 0.6) is 0 Å². The number of hydrogen-bond donors (Lipinski definition) is 1. The average Bonchev–Trinajstić information content (AvgIpc) is 2.59. The highest BCUT2D eigenvalue weighted by atomic mass is 16.6. The van der Waals surface area contributed by atoms with Gasteiger partial charge in [0.05, 0.1) is 11.1 Å². The number of hydrogen-bond acceptors (Lipinski definition) is 3. The van der Waals surface area contributed by atoms with Crippen LogP contribution in [0.1, 0.15) is 26.3 Å². The second-order valence-corrected chi connectivity index (χ2v) is 5.19. The number of benzene rings is 1. The van der Waals surface area contributed by atoms with Gasteiger partial charge in [0.2, 0.25) is 0 Å². The number of esters is 1. The summed E-state index contributed by atoms with van der Waals surface area (Å²) in [5.41, 5.74) is 0.534. The molecular weight excluding hydrogens is 256 g/mol. The number of aliphatic carboxylic acids is 1. The molecule has 1 aliphatic heterocycles. The Labute approximate surface area is 117 Å². The summed E-state index contributed by atoms with van der Waals surface area (Å²) in [6.07, 6.45) is 1.78. The molecule has 1 aliphatic rings. The van der Waals surface area contributed by atoms with Gasteiger partial charge >= 0.3 is 11.9 Å². The molecule has 0 radical (unpaired) electrons. The second kappa shape index (κ2) is 4.96. The summed E-state index contributed by atoms with van der Waals surface area (Å²) < 4.78 is 5.16. The lowest BCUT2D eigenvalue weighted by Gasteiger charge is -2.17. The summed E-state index contributed by atoms with van der Waals surface area (Å²) in [6.45, 7) is 4.88. The zero-order chi connectivity index (χ0) is 14.9. The molecule has 0 spiro atoms. The molecule has 104 valence electrons. The standard InChI is InChI=1S/C16H16O4/c1-10(9-11-7-5-4-6-8-11)12-13(14(17)18)16(2,3)20-15(12)19/h4-9H,1-3H3,(H,17,18)/b10-9+. The molecule has 0 saturated heterocycles. The fourth-order valence-electron chi connectivity index (χ4n) is 2.33. The third-order valence-corrected chi connectivity index (χ3v) is 3.19. The molecule has 20 heavy (non-hydrogen) atoms. The number of carbonyl (C=O) groups is 2. The Morgan fingerprint density at radius 3 is 2.40 bits per heavy atom. The summed E-state index contributed by atoms with van der Waals surface area (Å²) in [7, 11) is 0. The maximum absolute atomic E-state index is 12.0. The Balaban J connectivity index is 2.54. The van der Waals surface area contributed by atoms with Gasteiger partial charge in [0, 0.05) is 0 Å². The van der Waals surface area contributed by atoms with Gasteiger partial charge in [-0.3, -0.25) is 0 Å². The maximum Gasteiger partial charge on any atom is 0.339 e. The van der Waals surface area contributed by atoms with Crippen LogP contribution < -0.4 is 0 Å². The minimum absolute atomic E-state index is 0.00665. The van der Waals surface area contributed by atoms with E-state index in [-0.39, 0.29) is 11.1 Å². The Kier molecular flexibility index (Phi) is 3.49. The molecule has 4 nitrogen and oxygen atoms in total. The molecule has 1 aromatic rings. The predicted octanol–water partition coefficient (Wildman–Crippen LogP) is 2.81. The van der Waals surface area contributed by atoms with Crippen molar-refractivity contribution in [3.8, 4) is 0 Å². The van der Waals surface area contributed by atoms with Gasteiger partial charge in [-0.1, -0.05) is 36.4 Å². The van der Waals surface area contributed by atoms with Crippen LogP contribution in [0.2, 0.25) is 0 Å². The molecule has 4 heteroatoms. The van der Waals surface area contributed by atoms with E-state index in [9.17, 15) is 14.7 Å². The van der Waals surface area contributed by atoms with Crippen LogP contribution in [0, 0.1) is 0 Å². The molecule has 2 rings (SSSR count). The lowest BCUT2D eigenvalue weighted by atomic mass is 9.92. The SMILES string of the molecule is C/C(=C\c1ccccc1)C1=C(C(=O)O)C(C)(C)OC1=O. The Morgan fingerprint density at radius 2 is 1.85 bits per heavy atom. The smallest absolute Gasteiger partial charge is 0.339 e. The Bertz CT molecular complexity index is 621. The van der Waals surface area contributed by atoms with E-state index >= 15 is 0 Å². The van der Waals surface area contributed by atoms with Crippen LogP contribution in [-0.4, -0.2) is 22.6 Å². The van der Waals surface area contributed by atoms with Crippen molar-refractivity contribution >= 4 is 18.0 Å². The van der Waals surface area contributed by atoms with Crippen molar-refractivity contribution in [3.63, 3.8) is 0 Å². The highest BCUT2D eigenvalue weighted by Gasteiger charge is 2.44. The number of carbonyl (C=O) groups excluding carboxylic acids is 1. The first-order valence-electron chi connectivity index (χ1n) is 6.28. The zero-order valence-corrected chi connectivity index (χ0v) is 11.6. The first-order chi connectivity index (χ1) is 9.33. The van der Waals surface area contributed by atoms with E-state index in [0.717, 1.165) is 5.56 Å². The highest BCUT2D eigenvalue weighted by molar-refractivity contribution is 6.08. The van der Waals surface area contributed by atoms with Crippen molar-refractivity contribution in [3.05, 3.63) is 52.6 Å². The molecule has 1 N–H and O–H groups in total. The van der Waals surface area contributed by atoms with Gasteiger partial charge in [0.25, 0.3) is 0 Å². The lowest BCUT2D eigenvalue weighted by molar-refractivity contribution is -0.145. The van der Waals surface area contributed by atoms with E-state index in [2.05, 4.69) is 0 Å². The van der Waals surface area contributed by atoms with Gasteiger partial charge in [-0.05, 0) is 31.9 Å². The minimum atomic E-state index is -1.13. The molecule has 0 aliphatic carbocycles. The fraction of sp³-hybridized carbons (Fsp3) is 0.250. The number of carboxylic acid groups (broad SMARTS) is 1. The van der Waals surface area contributed by atoms with Crippen LogP contribution in [0.15, 0.2) is 47.1 Å². The maximum atomic E-state index is 12.0. The summed E-state index contributed by atoms with van der Waals surface area (Å²) in [5, 5.41) is 9.33. The number of ether oxygens (including phenoxy) is 1. The molecule has 0 unspecified atom stereocenters. The summed E-state index contributed by atoms with van der Waals surface area (Å²) in [6, 6.07) is 9.42. The molecule has 0 fully saturated rings. The van der Waals surface area contributed by atoms with Crippen molar-refractivity contribution in [2.75, 3.05) is 0 Å². The molecule has 0 saturated carbocycles. The first kappa shape index (κ1) is 14.1. The van der Waals surface area contributed by atoms with Crippen LogP contribution >= 0.6 is 0 Å². The highest BCUT2D eigenvalue weighted by Crippen LogP contribution is 2.36. The lowest BCUT2D eigenvalue weighted by Crippen LogP contribution is -2.27. The molecule has 0 aromatic heterocycles. The van der Waals surface area contributed by atoms with Crippen molar-refractivity contribution in [1.82, 2.24) is 0 Å².